The van der Waals surface area contributed by atoms with Crippen molar-refractivity contribution in [3.8, 4) is 0 Å². The molecule has 5 heteroatoms. The van der Waals surface area contributed by atoms with Gasteiger partial charge in [0.2, 0.25) is 0 Å². The molecule has 0 radical (unpaired) electrons. The minimum atomic E-state index is -1.46. The molecule has 1 atom stereocenters. The van der Waals surface area contributed by atoms with Gasteiger partial charge in [-0.3, -0.25) is 0 Å². The van der Waals surface area contributed by atoms with Crippen LogP contribution >= 0.6 is 11.6 Å². The minimum Gasteiger partial charge on any atom is -0.384 e. The molecule has 0 saturated heterocycles. The van der Waals surface area contributed by atoms with Crippen LogP contribution in [0.25, 0.3) is 0 Å². The first-order valence-electron chi connectivity index (χ1n) is 5.48. The molecule has 1 unspecified atom stereocenters. The van der Waals surface area contributed by atoms with Gasteiger partial charge in [0, 0.05) is 5.56 Å². The third-order valence-electron chi connectivity index (χ3n) is 2.87. The number of rotatable bonds is 2. The molecule has 0 fully saturated rings. The van der Waals surface area contributed by atoms with Gasteiger partial charge in [-0.2, -0.15) is 0 Å². The zero-order valence-electron chi connectivity index (χ0n) is 9.92. The van der Waals surface area contributed by atoms with Crippen molar-refractivity contribution in [1.29, 1.82) is 0 Å². The normalized spacial score (nSPS) is 12.5. The van der Waals surface area contributed by atoms with Gasteiger partial charge in [0.05, 0.1) is 5.02 Å². The third-order valence-corrected chi connectivity index (χ3v) is 3.16. The Morgan fingerprint density at radius 2 is 1.68 bits per heavy atom. The standard InChI is InChI=1S/C14H10ClF3O/c1-7-2-3-8(16)4-9(7)14(19)10-5-13(18)11(15)6-12(10)17/h2-6,14,19H,1H3. The van der Waals surface area contributed by atoms with E-state index >= 15 is 0 Å². The van der Waals surface area contributed by atoms with Crippen LogP contribution < -0.4 is 0 Å². The zero-order valence-corrected chi connectivity index (χ0v) is 10.7. The first-order chi connectivity index (χ1) is 8.90. The van der Waals surface area contributed by atoms with Gasteiger partial charge in [0.25, 0.3) is 0 Å². The monoisotopic (exact) mass is 286 g/mol. The van der Waals surface area contributed by atoms with Gasteiger partial charge in [-0.1, -0.05) is 17.7 Å². The fourth-order valence-electron chi connectivity index (χ4n) is 1.82. The molecule has 1 nitrogen and oxygen atoms in total. The summed E-state index contributed by atoms with van der Waals surface area (Å²) in [4.78, 5) is 0. The Morgan fingerprint density at radius 3 is 2.37 bits per heavy atom. The fraction of sp³-hybridized carbons (Fsp3) is 0.143. The molecule has 0 aromatic heterocycles. The fourth-order valence-corrected chi connectivity index (χ4v) is 1.97. The summed E-state index contributed by atoms with van der Waals surface area (Å²) < 4.78 is 40.2. The van der Waals surface area contributed by atoms with Crippen molar-refractivity contribution in [1.82, 2.24) is 0 Å². The highest BCUT2D eigenvalue weighted by atomic mass is 35.5. The molecule has 100 valence electrons. The lowest BCUT2D eigenvalue weighted by atomic mass is 9.97. The average Bonchev–Trinajstić information content (AvgIpc) is 2.36. The van der Waals surface area contributed by atoms with E-state index in [2.05, 4.69) is 0 Å². The number of aliphatic hydroxyl groups is 1. The predicted octanol–water partition coefficient (Wildman–Crippen LogP) is 4.15. The van der Waals surface area contributed by atoms with E-state index in [0.29, 0.717) is 5.56 Å². The SMILES string of the molecule is Cc1ccc(F)cc1C(O)c1cc(F)c(Cl)cc1F. The number of aliphatic hydroxyl groups excluding tert-OH is 1. The van der Waals surface area contributed by atoms with Crippen molar-refractivity contribution >= 4 is 11.6 Å². The van der Waals surface area contributed by atoms with Crippen LogP contribution in [-0.4, -0.2) is 5.11 Å². The van der Waals surface area contributed by atoms with E-state index in [9.17, 15) is 18.3 Å². The number of hydrogen-bond donors (Lipinski definition) is 1. The number of hydrogen-bond acceptors (Lipinski definition) is 1. The number of halogens is 4. The summed E-state index contributed by atoms with van der Waals surface area (Å²) in [7, 11) is 0. The van der Waals surface area contributed by atoms with Crippen LogP contribution in [0, 0.1) is 24.4 Å². The van der Waals surface area contributed by atoms with Crippen molar-refractivity contribution in [2.45, 2.75) is 13.0 Å². The molecule has 2 rings (SSSR count). The Balaban J connectivity index is 2.52. The highest BCUT2D eigenvalue weighted by molar-refractivity contribution is 6.30. The van der Waals surface area contributed by atoms with Crippen molar-refractivity contribution in [3.63, 3.8) is 0 Å². The molecule has 0 amide bonds. The Morgan fingerprint density at radius 1 is 1.00 bits per heavy atom. The lowest BCUT2D eigenvalue weighted by Gasteiger charge is -2.15. The molecule has 0 spiro atoms. The van der Waals surface area contributed by atoms with E-state index in [1.54, 1.807) is 6.92 Å². The average molecular weight is 287 g/mol. The van der Waals surface area contributed by atoms with Crippen molar-refractivity contribution in [2.24, 2.45) is 0 Å². The summed E-state index contributed by atoms with van der Waals surface area (Å²) in [5.74, 6) is -2.25. The molecule has 1 N–H and O–H groups in total. The highest BCUT2D eigenvalue weighted by Crippen LogP contribution is 2.30. The van der Waals surface area contributed by atoms with Crippen LogP contribution in [-0.2, 0) is 0 Å². The highest BCUT2D eigenvalue weighted by Gasteiger charge is 2.19. The number of benzene rings is 2. The first kappa shape index (κ1) is 13.9. The van der Waals surface area contributed by atoms with Crippen LogP contribution in [0.4, 0.5) is 13.2 Å². The molecule has 0 heterocycles. The Hall–Kier alpha value is -1.52. The summed E-state index contributed by atoms with van der Waals surface area (Å²) in [6.45, 7) is 1.64. The lowest BCUT2D eigenvalue weighted by Crippen LogP contribution is -2.06. The smallest absolute Gasteiger partial charge is 0.142 e. The topological polar surface area (TPSA) is 20.2 Å². The second kappa shape index (κ2) is 5.23. The van der Waals surface area contributed by atoms with Crippen LogP contribution in [0.5, 0.6) is 0 Å². The maximum Gasteiger partial charge on any atom is 0.142 e. The van der Waals surface area contributed by atoms with E-state index in [4.69, 9.17) is 11.6 Å². The Labute approximate surface area is 113 Å². The summed E-state index contributed by atoms with van der Waals surface area (Å²) in [5.41, 5.74) is 0.472. The molecule has 0 aliphatic carbocycles. The molecule has 0 aliphatic rings. The zero-order chi connectivity index (χ0) is 14.2. The Kier molecular flexibility index (Phi) is 3.83. The minimum absolute atomic E-state index is 0.181. The van der Waals surface area contributed by atoms with Gasteiger partial charge >= 0.3 is 0 Å². The van der Waals surface area contributed by atoms with Crippen LogP contribution in [0.2, 0.25) is 5.02 Å². The quantitative estimate of drug-likeness (QED) is 0.822. The summed E-state index contributed by atoms with van der Waals surface area (Å²) in [6.07, 6.45) is -1.46. The van der Waals surface area contributed by atoms with Crippen molar-refractivity contribution in [3.05, 3.63) is 69.5 Å². The van der Waals surface area contributed by atoms with Crippen molar-refractivity contribution in [2.75, 3.05) is 0 Å². The van der Waals surface area contributed by atoms with E-state index in [0.717, 1.165) is 18.2 Å². The molecular formula is C14H10ClF3O. The van der Waals surface area contributed by atoms with Crippen molar-refractivity contribution < 1.29 is 18.3 Å². The van der Waals surface area contributed by atoms with Gasteiger partial charge in [-0.05, 0) is 42.3 Å². The molecular weight excluding hydrogens is 277 g/mol. The second-order valence-corrected chi connectivity index (χ2v) is 4.60. The summed E-state index contributed by atoms with van der Waals surface area (Å²) >= 11 is 5.44. The number of aryl methyl sites for hydroxylation is 1. The van der Waals surface area contributed by atoms with E-state index in [-0.39, 0.29) is 16.1 Å². The molecule has 0 bridgehead atoms. The summed E-state index contributed by atoms with van der Waals surface area (Å²) in [6, 6.07) is 5.37. The van der Waals surface area contributed by atoms with E-state index < -0.39 is 23.6 Å². The Bertz CT molecular complexity index is 628. The molecule has 2 aromatic rings. The maximum absolute atomic E-state index is 13.7. The third kappa shape index (κ3) is 2.74. The van der Waals surface area contributed by atoms with Crippen LogP contribution in [0.3, 0.4) is 0 Å². The van der Waals surface area contributed by atoms with Crippen LogP contribution in [0.1, 0.15) is 22.8 Å². The van der Waals surface area contributed by atoms with Gasteiger partial charge in [-0.25, -0.2) is 13.2 Å². The van der Waals surface area contributed by atoms with Gasteiger partial charge in [0.15, 0.2) is 0 Å². The van der Waals surface area contributed by atoms with E-state index in [1.165, 1.54) is 12.1 Å². The van der Waals surface area contributed by atoms with Crippen LogP contribution in [0.15, 0.2) is 30.3 Å². The van der Waals surface area contributed by atoms with Gasteiger partial charge < -0.3 is 5.11 Å². The molecule has 0 aliphatic heterocycles. The second-order valence-electron chi connectivity index (χ2n) is 4.19. The molecule has 19 heavy (non-hydrogen) atoms. The predicted molar refractivity (Wildman–Crippen MR) is 66.6 cm³/mol. The molecule has 2 aromatic carbocycles. The summed E-state index contributed by atoms with van der Waals surface area (Å²) in [5, 5.41) is 9.71. The van der Waals surface area contributed by atoms with Gasteiger partial charge in [-0.15, -0.1) is 0 Å². The maximum atomic E-state index is 13.7. The molecule has 0 saturated carbocycles. The first-order valence-corrected chi connectivity index (χ1v) is 5.86. The largest absolute Gasteiger partial charge is 0.384 e. The van der Waals surface area contributed by atoms with E-state index in [1.807, 2.05) is 0 Å². The lowest BCUT2D eigenvalue weighted by molar-refractivity contribution is 0.213. The van der Waals surface area contributed by atoms with Gasteiger partial charge in [0.1, 0.15) is 23.6 Å².